The number of piperidine rings is 1. The van der Waals surface area contributed by atoms with Crippen LogP contribution in [0, 0.1) is 5.92 Å². The average Bonchev–Trinajstić information content (AvgIpc) is 3.09. The first-order valence-electron chi connectivity index (χ1n) is 7.86. The Morgan fingerprint density at radius 1 is 1.21 bits per heavy atom. The second-order valence-electron chi connectivity index (χ2n) is 5.96. The van der Waals surface area contributed by atoms with Crippen LogP contribution in [0.25, 0.3) is 0 Å². The van der Waals surface area contributed by atoms with Crippen LogP contribution in [0.3, 0.4) is 0 Å². The first kappa shape index (κ1) is 16.5. The minimum absolute atomic E-state index is 0.0745. The molecular formula is C17H18F3N3O. The fourth-order valence-electron chi connectivity index (χ4n) is 3.09. The average molecular weight is 337 g/mol. The van der Waals surface area contributed by atoms with Crippen LogP contribution in [0.15, 0.2) is 48.8 Å². The summed E-state index contributed by atoms with van der Waals surface area (Å²) in [6.07, 6.45) is -0.632. The highest BCUT2D eigenvalue weighted by molar-refractivity contribution is 5.83. The molecule has 1 saturated heterocycles. The first-order valence-corrected chi connectivity index (χ1v) is 7.86. The van der Waals surface area contributed by atoms with Gasteiger partial charge in [0.05, 0.1) is 5.92 Å². The summed E-state index contributed by atoms with van der Waals surface area (Å²) in [6, 6.07) is 9.95. The molecule has 24 heavy (non-hydrogen) atoms. The fraction of sp³-hybridized carbons (Fsp3) is 0.412. The number of carbonyl (C=O) groups excluding carboxylic acids is 1. The van der Waals surface area contributed by atoms with E-state index in [1.807, 2.05) is 6.07 Å². The molecule has 0 saturated carbocycles. The first-order chi connectivity index (χ1) is 11.5. The molecular weight excluding hydrogens is 319 g/mol. The maximum absolute atomic E-state index is 13.0. The highest BCUT2D eigenvalue weighted by atomic mass is 19.4. The molecule has 0 N–H and O–H groups in total. The molecule has 2 atom stereocenters. The van der Waals surface area contributed by atoms with Crippen LogP contribution < -0.4 is 0 Å². The number of likely N-dealkylation sites (tertiary alicyclic amines) is 1. The van der Waals surface area contributed by atoms with E-state index in [1.165, 1.54) is 9.58 Å². The molecule has 0 unspecified atom stereocenters. The van der Waals surface area contributed by atoms with Gasteiger partial charge in [-0.05, 0) is 24.5 Å². The molecule has 2 aromatic rings. The van der Waals surface area contributed by atoms with Crippen LogP contribution in [0.5, 0.6) is 0 Å². The SMILES string of the molecule is O=C([C@@H](c1ccccc1)n1cccn1)N1CCC[C@H](C(F)(F)F)C1. The van der Waals surface area contributed by atoms with Crippen molar-refractivity contribution in [3.63, 3.8) is 0 Å². The highest BCUT2D eigenvalue weighted by Gasteiger charge is 2.43. The van der Waals surface area contributed by atoms with Gasteiger partial charge in [0.1, 0.15) is 0 Å². The number of halogens is 3. The number of hydrogen-bond acceptors (Lipinski definition) is 2. The monoisotopic (exact) mass is 337 g/mol. The molecule has 1 aromatic carbocycles. The lowest BCUT2D eigenvalue weighted by molar-refractivity contribution is -0.188. The van der Waals surface area contributed by atoms with Gasteiger partial charge >= 0.3 is 6.18 Å². The van der Waals surface area contributed by atoms with Crippen molar-refractivity contribution in [2.75, 3.05) is 13.1 Å². The Balaban J connectivity index is 1.87. The molecule has 1 aliphatic rings. The molecule has 0 radical (unpaired) electrons. The summed E-state index contributed by atoms with van der Waals surface area (Å²) in [7, 11) is 0. The Kier molecular flexibility index (Phi) is 4.59. The van der Waals surface area contributed by atoms with E-state index < -0.39 is 18.1 Å². The second-order valence-corrected chi connectivity index (χ2v) is 5.96. The van der Waals surface area contributed by atoms with Crippen molar-refractivity contribution < 1.29 is 18.0 Å². The van der Waals surface area contributed by atoms with Gasteiger partial charge in [-0.25, -0.2) is 0 Å². The van der Waals surface area contributed by atoms with Gasteiger partial charge in [-0.1, -0.05) is 30.3 Å². The number of carbonyl (C=O) groups is 1. The van der Waals surface area contributed by atoms with Gasteiger partial charge < -0.3 is 4.90 Å². The highest BCUT2D eigenvalue weighted by Crippen LogP contribution is 2.34. The Morgan fingerprint density at radius 2 is 1.96 bits per heavy atom. The van der Waals surface area contributed by atoms with Crippen LogP contribution in [0.2, 0.25) is 0 Å². The van der Waals surface area contributed by atoms with Gasteiger partial charge in [0.25, 0.3) is 5.91 Å². The number of amides is 1. The van der Waals surface area contributed by atoms with E-state index in [9.17, 15) is 18.0 Å². The van der Waals surface area contributed by atoms with Crippen LogP contribution in [-0.2, 0) is 4.79 Å². The van der Waals surface area contributed by atoms with Crippen molar-refractivity contribution in [1.82, 2.24) is 14.7 Å². The summed E-state index contributed by atoms with van der Waals surface area (Å²) in [4.78, 5) is 14.3. The molecule has 1 aromatic heterocycles. The second kappa shape index (κ2) is 6.67. The van der Waals surface area contributed by atoms with Gasteiger partial charge in [-0.2, -0.15) is 18.3 Å². The third kappa shape index (κ3) is 3.44. The summed E-state index contributed by atoms with van der Waals surface area (Å²) < 4.78 is 40.6. The summed E-state index contributed by atoms with van der Waals surface area (Å²) in [6.45, 7) is 0.0585. The number of nitrogens with zero attached hydrogens (tertiary/aromatic N) is 3. The van der Waals surface area contributed by atoms with Crippen LogP contribution in [0.4, 0.5) is 13.2 Å². The van der Waals surface area contributed by atoms with Crippen molar-refractivity contribution in [1.29, 1.82) is 0 Å². The van der Waals surface area contributed by atoms with Crippen LogP contribution >= 0.6 is 0 Å². The molecule has 2 heterocycles. The van der Waals surface area contributed by atoms with Crippen LogP contribution in [0.1, 0.15) is 24.4 Å². The molecule has 128 valence electrons. The van der Waals surface area contributed by atoms with E-state index in [2.05, 4.69) is 5.10 Å². The van der Waals surface area contributed by atoms with E-state index >= 15 is 0 Å². The maximum Gasteiger partial charge on any atom is 0.393 e. The number of alkyl halides is 3. The quantitative estimate of drug-likeness (QED) is 0.862. The predicted octanol–water partition coefficient (Wildman–Crippen LogP) is 3.27. The van der Waals surface area contributed by atoms with Crippen molar-refractivity contribution in [3.8, 4) is 0 Å². The molecule has 1 fully saturated rings. The normalized spacial score (nSPS) is 20.0. The Labute approximate surface area is 137 Å². The van der Waals surface area contributed by atoms with Gasteiger partial charge in [0, 0.05) is 25.5 Å². The number of hydrogen-bond donors (Lipinski definition) is 0. The molecule has 1 amide bonds. The largest absolute Gasteiger partial charge is 0.393 e. The lowest BCUT2D eigenvalue weighted by atomic mass is 9.96. The van der Waals surface area contributed by atoms with E-state index in [4.69, 9.17) is 0 Å². The van der Waals surface area contributed by atoms with Crippen molar-refractivity contribution in [3.05, 3.63) is 54.4 Å². The third-order valence-corrected chi connectivity index (χ3v) is 4.33. The van der Waals surface area contributed by atoms with Gasteiger partial charge in [-0.15, -0.1) is 0 Å². The zero-order valence-electron chi connectivity index (χ0n) is 13.0. The van der Waals surface area contributed by atoms with Crippen molar-refractivity contribution in [2.45, 2.75) is 25.1 Å². The zero-order chi connectivity index (χ0) is 17.2. The van der Waals surface area contributed by atoms with Gasteiger partial charge in [0.2, 0.25) is 0 Å². The van der Waals surface area contributed by atoms with E-state index in [-0.39, 0.29) is 18.9 Å². The summed E-state index contributed by atoms with van der Waals surface area (Å²) in [5, 5.41) is 4.12. The molecule has 0 bridgehead atoms. The molecule has 0 aliphatic carbocycles. The molecule has 3 rings (SSSR count). The summed E-state index contributed by atoms with van der Waals surface area (Å²) in [5.41, 5.74) is 0.709. The molecule has 4 nitrogen and oxygen atoms in total. The van der Waals surface area contributed by atoms with Crippen molar-refractivity contribution in [2.24, 2.45) is 5.92 Å². The number of aromatic nitrogens is 2. The number of benzene rings is 1. The molecule has 1 aliphatic heterocycles. The van der Waals surface area contributed by atoms with Gasteiger partial charge in [0.15, 0.2) is 6.04 Å². The van der Waals surface area contributed by atoms with E-state index in [0.717, 1.165) is 0 Å². The Hall–Kier alpha value is -2.31. The molecule has 7 heteroatoms. The standard InChI is InChI=1S/C17H18F3N3O/c18-17(19,20)14-8-4-10-22(12-14)16(24)15(23-11-5-9-21-23)13-6-2-1-3-7-13/h1-3,5-7,9,11,14-15H,4,8,10,12H2/t14-,15+/m0/s1. The Bertz CT molecular complexity index is 670. The Morgan fingerprint density at radius 3 is 2.58 bits per heavy atom. The number of rotatable bonds is 3. The maximum atomic E-state index is 13.0. The smallest absolute Gasteiger partial charge is 0.340 e. The lowest BCUT2D eigenvalue weighted by Crippen LogP contribution is -2.47. The van der Waals surface area contributed by atoms with Crippen LogP contribution in [-0.4, -0.2) is 39.9 Å². The molecule has 0 spiro atoms. The lowest BCUT2D eigenvalue weighted by Gasteiger charge is -2.35. The third-order valence-electron chi connectivity index (χ3n) is 4.33. The topological polar surface area (TPSA) is 38.1 Å². The van der Waals surface area contributed by atoms with E-state index in [0.29, 0.717) is 18.5 Å². The summed E-state index contributed by atoms with van der Waals surface area (Å²) in [5.74, 6) is -1.80. The van der Waals surface area contributed by atoms with Gasteiger partial charge in [-0.3, -0.25) is 9.48 Å². The minimum atomic E-state index is -4.27. The minimum Gasteiger partial charge on any atom is -0.340 e. The fourth-order valence-corrected chi connectivity index (χ4v) is 3.09. The summed E-state index contributed by atoms with van der Waals surface area (Å²) >= 11 is 0. The predicted molar refractivity (Wildman–Crippen MR) is 82.2 cm³/mol. The zero-order valence-corrected chi connectivity index (χ0v) is 13.0. The van der Waals surface area contributed by atoms with E-state index in [1.54, 1.807) is 42.7 Å². The van der Waals surface area contributed by atoms with Crippen molar-refractivity contribution >= 4 is 5.91 Å².